The molecule has 0 bridgehead atoms. The van der Waals surface area contributed by atoms with E-state index in [-0.39, 0.29) is 5.02 Å². The van der Waals surface area contributed by atoms with Crippen molar-refractivity contribution in [1.82, 2.24) is 15.2 Å². The van der Waals surface area contributed by atoms with Crippen molar-refractivity contribution in [3.05, 3.63) is 22.8 Å². The Hall–Kier alpha value is -1.05. The molecule has 1 N–H and O–H groups in total. The lowest BCUT2D eigenvalue weighted by atomic mass is 10.1. The summed E-state index contributed by atoms with van der Waals surface area (Å²) in [5.74, 6) is 0.441. The van der Waals surface area contributed by atoms with Crippen molar-refractivity contribution >= 4 is 17.4 Å². The molecule has 0 spiro atoms. The second-order valence-corrected chi connectivity index (χ2v) is 5.78. The fraction of sp³-hybridized carbons (Fsp3) is 0.615. The van der Waals surface area contributed by atoms with Gasteiger partial charge in [0.1, 0.15) is 5.82 Å². The number of nitrogens with zero attached hydrogens (tertiary/aromatic N) is 3. The first-order valence-corrected chi connectivity index (χ1v) is 7.25. The van der Waals surface area contributed by atoms with Gasteiger partial charge in [-0.15, -0.1) is 0 Å². The summed E-state index contributed by atoms with van der Waals surface area (Å²) in [4.78, 5) is 8.21. The predicted molar refractivity (Wildman–Crippen MR) is 74.7 cm³/mol. The summed E-state index contributed by atoms with van der Waals surface area (Å²) >= 11 is 5.95. The highest BCUT2D eigenvalue weighted by Crippen LogP contribution is 2.35. The summed E-state index contributed by atoms with van der Waals surface area (Å²) < 4.78 is 37.7. The normalized spacial score (nSPS) is 21.4. The van der Waals surface area contributed by atoms with E-state index in [1.807, 2.05) is 4.90 Å². The number of alkyl halides is 3. The Labute approximate surface area is 125 Å². The van der Waals surface area contributed by atoms with E-state index < -0.39 is 11.7 Å². The Kier molecular flexibility index (Phi) is 3.98. The highest BCUT2D eigenvalue weighted by Gasteiger charge is 2.36. The molecule has 0 unspecified atom stereocenters. The van der Waals surface area contributed by atoms with Crippen molar-refractivity contribution in [2.24, 2.45) is 0 Å². The van der Waals surface area contributed by atoms with Crippen LogP contribution < -0.4 is 10.2 Å². The first kappa shape index (κ1) is 14.9. The van der Waals surface area contributed by atoms with Crippen LogP contribution >= 0.6 is 11.6 Å². The number of hydrogen-bond acceptors (Lipinski definition) is 4. The van der Waals surface area contributed by atoms with Crippen LogP contribution in [0, 0.1) is 0 Å². The molecule has 0 aliphatic carbocycles. The highest BCUT2D eigenvalue weighted by atomic mass is 35.5. The summed E-state index contributed by atoms with van der Waals surface area (Å²) in [6.45, 7) is 5.50. The van der Waals surface area contributed by atoms with Gasteiger partial charge in [0, 0.05) is 51.5 Å². The van der Waals surface area contributed by atoms with Gasteiger partial charge < -0.3 is 10.2 Å². The number of hydrogen-bond donors (Lipinski definition) is 1. The number of rotatable bonds is 2. The first-order valence-electron chi connectivity index (χ1n) is 6.87. The molecule has 1 aromatic rings. The van der Waals surface area contributed by atoms with Gasteiger partial charge in [-0.05, 0) is 6.07 Å². The number of nitrogens with one attached hydrogen (secondary N) is 1. The molecule has 2 fully saturated rings. The Morgan fingerprint density at radius 1 is 1.24 bits per heavy atom. The minimum atomic E-state index is -4.41. The molecule has 4 nitrogen and oxygen atoms in total. The molecular formula is C13H16ClF3N4. The lowest BCUT2D eigenvalue weighted by Crippen LogP contribution is -2.63. The Balaban J connectivity index is 1.64. The fourth-order valence-corrected chi connectivity index (χ4v) is 3.01. The smallest absolute Gasteiger partial charge is 0.352 e. The summed E-state index contributed by atoms with van der Waals surface area (Å²) in [6.07, 6.45) is -3.56. The van der Waals surface area contributed by atoms with Crippen LogP contribution in [0.1, 0.15) is 5.56 Å². The molecule has 0 radical (unpaired) electrons. The second kappa shape index (κ2) is 5.62. The molecule has 0 atom stereocenters. The van der Waals surface area contributed by atoms with Crippen LogP contribution in [-0.2, 0) is 6.18 Å². The van der Waals surface area contributed by atoms with Gasteiger partial charge in [-0.1, -0.05) is 11.6 Å². The van der Waals surface area contributed by atoms with E-state index in [0.29, 0.717) is 11.9 Å². The van der Waals surface area contributed by atoms with Gasteiger partial charge in [0.25, 0.3) is 0 Å². The number of pyridine rings is 1. The lowest BCUT2D eigenvalue weighted by Gasteiger charge is -2.47. The minimum Gasteiger partial charge on any atom is -0.352 e. The summed E-state index contributed by atoms with van der Waals surface area (Å²) in [5, 5.41) is 3.35. The van der Waals surface area contributed by atoms with Gasteiger partial charge in [0.05, 0.1) is 10.6 Å². The molecule has 116 valence electrons. The van der Waals surface area contributed by atoms with Gasteiger partial charge in [-0.25, -0.2) is 4.98 Å². The molecule has 2 aliphatic rings. The zero-order valence-electron chi connectivity index (χ0n) is 11.3. The number of piperazine rings is 1. The minimum absolute atomic E-state index is 0.0589. The third kappa shape index (κ3) is 3.09. The van der Waals surface area contributed by atoms with E-state index in [1.54, 1.807) is 0 Å². The van der Waals surface area contributed by atoms with Gasteiger partial charge in [0.2, 0.25) is 0 Å². The molecule has 8 heteroatoms. The zero-order valence-corrected chi connectivity index (χ0v) is 12.1. The van der Waals surface area contributed by atoms with E-state index in [1.165, 1.54) is 0 Å². The van der Waals surface area contributed by atoms with Crippen LogP contribution in [0.15, 0.2) is 12.3 Å². The van der Waals surface area contributed by atoms with Gasteiger partial charge in [-0.3, -0.25) is 4.90 Å². The van der Waals surface area contributed by atoms with E-state index in [4.69, 9.17) is 11.6 Å². The molecule has 0 amide bonds. The largest absolute Gasteiger partial charge is 0.417 e. The van der Waals surface area contributed by atoms with Gasteiger partial charge in [-0.2, -0.15) is 13.2 Å². The van der Waals surface area contributed by atoms with Crippen molar-refractivity contribution < 1.29 is 13.2 Å². The Morgan fingerprint density at radius 3 is 2.48 bits per heavy atom. The summed E-state index contributed by atoms with van der Waals surface area (Å²) in [7, 11) is 0. The Morgan fingerprint density at radius 2 is 1.90 bits per heavy atom. The van der Waals surface area contributed by atoms with Crippen LogP contribution in [0.2, 0.25) is 5.02 Å². The van der Waals surface area contributed by atoms with Crippen LogP contribution in [0.25, 0.3) is 0 Å². The molecule has 0 saturated carbocycles. The van der Waals surface area contributed by atoms with Crippen molar-refractivity contribution in [2.75, 3.05) is 44.2 Å². The molecule has 1 aromatic heterocycles. The lowest BCUT2D eigenvalue weighted by molar-refractivity contribution is -0.137. The average molecular weight is 321 g/mol. The zero-order chi connectivity index (χ0) is 15.0. The summed E-state index contributed by atoms with van der Waals surface area (Å²) in [6, 6.07) is 1.38. The van der Waals surface area contributed by atoms with Crippen molar-refractivity contribution in [3.63, 3.8) is 0 Å². The van der Waals surface area contributed by atoms with Crippen LogP contribution in [0.4, 0.5) is 19.0 Å². The number of halogens is 4. The molecule has 3 rings (SSSR count). The second-order valence-electron chi connectivity index (χ2n) is 5.37. The van der Waals surface area contributed by atoms with Crippen molar-refractivity contribution in [2.45, 2.75) is 12.2 Å². The SMILES string of the molecule is FC(F)(F)c1cnc(N2CC(N3CCNCC3)C2)c(Cl)c1. The standard InChI is InChI=1S/C13H16ClF3N4/c14-11-5-9(13(15,16)17)6-19-12(11)21-7-10(8-21)20-3-1-18-2-4-20/h5-6,10,18H,1-4,7-8H2. The maximum Gasteiger partial charge on any atom is 0.417 e. The quantitative estimate of drug-likeness (QED) is 0.901. The predicted octanol–water partition coefficient (Wildman–Crippen LogP) is 1.85. The first-order chi connectivity index (χ1) is 9.95. The van der Waals surface area contributed by atoms with Crippen molar-refractivity contribution in [1.29, 1.82) is 0 Å². The maximum atomic E-state index is 12.6. The molecule has 21 heavy (non-hydrogen) atoms. The van der Waals surface area contributed by atoms with E-state index in [9.17, 15) is 13.2 Å². The maximum absolute atomic E-state index is 12.6. The number of anilines is 1. The highest BCUT2D eigenvalue weighted by molar-refractivity contribution is 6.33. The topological polar surface area (TPSA) is 31.4 Å². The van der Waals surface area contributed by atoms with E-state index in [2.05, 4.69) is 15.2 Å². The molecule has 0 aromatic carbocycles. The monoisotopic (exact) mass is 320 g/mol. The Bertz CT molecular complexity index is 511. The molecule has 2 saturated heterocycles. The number of aromatic nitrogens is 1. The van der Waals surface area contributed by atoms with Crippen LogP contribution in [0.3, 0.4) is 0 Å². The van der Waals surface area contributed by atoms with Crippen molar-refractivity contribution in [3.8, 4) is 0 Å². The van der Waals surface area contributed by atoms with Crippen LogP contribution in [-0.4, -0.2) is 55.2 Å². The third-order valence-corrected chi connectivity index (χ3v) is 4.26. The average Bonchev–Trinajstić information content (AvgIpc) is 2.39. The third-order valence-electron chi connectivity index (χ3n) is 3.98. The summed E-state index contributed by atoms with van der Waals surface area (Å²) in [5.41, 5.74) is -0.810. The van der Waals surface area contributed by atoms with Gasteiger partial charge >= 0.3 is 6.18 Å². The van der Waals surface area contributed by atoms with Crippen LogP contribution in [0.5, 0.6) is 0 Å². The van der Waals surface area contributed by atoms with E-state index >= 15 is 0 Å². The molecule has 2 aliphatic heterocycles. The fourth-order valence-electron chi connectivity index (χ4n) is 2.72. The molecule has 3 heterocycles. The molecular weight excluding hydrogens is 305 g/mol. The van der Waals surface area contributed by atoms with E-state index in [0.717, 1.165) is 51.5 Å². The van der Waals surface area contributed by atoms with Gasteiger partial charge in [0.15, 0.2) is 0 Å².